The van der Waals surface area contributed by atoms with Gasteiger partial charge in [-0.05, 0) is 48.0 Å². The molecule has 2 aromatic carbocycles. The minimum absolute atomic E-state index is 0.107. The molecule has 0 bridgehead atoms. The van der Waals surface area contributed by atoms with Crippen molar-refractivity contribution in [1.82, 2.24) is 0 Å². The van der Waals surface area contributed by atoms with Crippen LogP contribution in [0.15, 0.2) is 48.0 Å². The third-order valence-electron chi connectivity index (χ3n) is 3.31. The van der Waals surface area contributed by atoms with Crippen LogP contribution in [0.2, 0.25) is 10.0 Å². The second kappa shape index (κ2) is 9.62. The van der Waals surface area contributed by atoms with Crippen LogP contribution in [-0.2, 0) is 14.3 Å². The Kier molecular flexibility index (Phi) is 7.24. The number of ether oxygens (including phenoxy) is 2. The molecule has 0 aliphatic heterocycles. The normalized spacial score (nSPS) is 10.7. The summed E-state index contributed by atoms with van der Waals surface area (Å²) in [6.45, 7) is -0.279. The monoisotopic (exact) mass is 404 g/mol. The zero-order valence-corrected chi connectivity index (χ0v) is 15.7. The SMILES string of the molecule is COC(=O)COc1ccc(/C=C(\C#N)C(=O)Nc2ccc(Cl)cc2)cc1Cl. The number of carbonyl (C=O) groups excluding carboxylic acids is 2. The van der Waals surface area contributed by atoms with Gasteiger partial charge in [0.25, 0.3) is 5.91 Å². The quantitative estimate of drug-likeness (QED) is 0.444. The molecular formula is C19H14Cl2N2O4. The van der Waals surface area contributed by atoms with Crippen molar-refractivity contribution in [1.29, 1.82) is 5.26 Å². The van der Waals surface area contributed by atoms with Crippen LogP contribution in [0, 0.1) is 11.3 Å². The maximum absolute atomic E-state index is 12.3. The van der Waals surface area contributed by atoms with Crippen molar-refractivity contribution in [2.75, 3.05) is 19.0 Å². The Bertz CT molecular complexity index is 918. The molecule has 0 radical (unpaired) electrons. The molecule has 0 saturated heterocycles. The highest BCUT2D eigenvalue weighted by Crippen LogP contribution is 2.26. The Morgan fingerprint density at radius 1 is 1.19 bits per heavy atom. The summed E-state index contributed by atoms with van der Waals surface area (Å²) >= 11 is 11.9. The first kappa shape index (κ1) is 20.3. The molecule has 0 spiro atoms. The number of methoxy groups -OCH3 is 1. The second-order valence-corrected chi connectivity index (χ2v) is 6.03. The second-order valence-electron chi connectivity index (χ2n) is 5.19. The summed E-state index contributed by atoms with van der Waals surface area (Å²) in [5.41, 5.74) is 0.924. The molecule has 0 atom stereocenters. The number of esters is 1. The molecule has 138 valence electrons. The third kappa shape index (κ3) is 6.03. The van der Waals surface area contributed by atoms with Crippen LogP contribution in [0.1, 0.15) is 5.56 Å². The van der Waals surface area contributed by atoms with E-state index in [1.807, 2.05) is 6.07 Å². The van der Waals surface area contributed by atoms with Gasteiger partial charge in [0, 0.05) is 10.7 Å². The van der Waals surface area contributed by atoms with Gasteiger partial charge >= 0.3 is 5.97 Å². The predicted octanol–water partition coefficient (Wildman–Crippen LogP) is 4.09. The van der Waals surface area contributed by atoms with E-state index in [0.717, 1.165) is 0 Å². The van der Waals surface area contributed by atoms with Crippen LogP contribution >= 0.6 is 23.2 Å². The Hall–Kier alpha value is -3.01. The van der Waals surface area contributed by atoms with E-state index >= 15 is 0 Å². The smallest absolute Gasteiger partial charge is 0.343 e. The van der Waals surface area contributed by atoms with E-state index < -0.39 is 11.9 Å². The lowest BCUT2D eigenvalue weighted by Gasteiger charge is -2.08. The number of anilines is 1. The number of hydrogen-bond acceptors (Lipinski definition) is 5. The third-order valence-corrected chi connectivity index (χ3v) is 3.85. The number of rotatable bonds is 6. The molecule has 0 unspecified atom stereocenters. The lowest BCUT2D eigenvalue weighted by atomic mass is 10.1. The number of amides is 1. The van der Waals surface area contributed by atoms with E-state index in [4.69, 9.17) is 27.9 Å². The molecule has 2 aromatic rings. The highest BCUT2D eigenvalue weighted by molar-refractivity contribution is 6.32. The van der Waals surface area contributed by atoms with E-state index in [1.54, 1.807) is 30.3 Å². The molecular weight excluding hydrogens is 391 g/mol. The summed E-state index contributed by atoms with van der Waals surface area (Å²) in [5.74, 6) is -0.828. The molecule has 8 heteroatoms. The summed E-state index contributed by atoms with van der Waals surface area (Å²) in [6, 6.07) is 13.0. The van der Waals surface area contributed by atoms with Crippen LogP contribution in [0.4, 0.5) is 5.69 Å². The number of nitriles is 1. The van der Waals surface area contributed by atoms with Crippen molar-refractivity contribution in [3.63, 3.8) is 0 Å². The Morgan fingerprint density at radius 2 is 1.89 bits per heavy atom. The first-order valence-corrected chi connectivity index (χ1v) is 8.36. The Morgan fingerprint density at radius 3 is 2.48 bits per heavy atom. The molecule has 27 heavy (non-hydrogen) atoms. The highest BCUT2D eigenvalue weighted by atomic mass is 35.5. The van der Waals surface area contributed by atoms with Gasteiger partial charge in [-0.15, -0.1) is 0 Å². The summed E-state index contributed by atoms with van der Waals surface area (Å²) in [6.07, 6.45) is 1.39. The maximum Gasteiger partial charge on any atom is 0.343 e. The van der Waals surface area contributed by atoms with Crippen molar-refractivity contribution < 1.29 is 19.1 Å². The number of halogens is 2. The van der Waals surface area contributed by atoms with Gasteiger partial charge in [-0.3, -0.25) is 4.79 Å². The largest absolute Gasteiger partial charge is 0.480 e. The van der Waals surface area contributed by atoms with E-state index in [2.05, 4.69) is 10.1 Å². The lowest BCUT2D eigenvalue weighted by molar-refractivity contribution is -0.142. The van der Waals surface area contributed by atoms with Gasteiger partial charge < -0.3 is 14.8 Å². The van der Waals surface area contributed by atoms with E-state index in [9.17, 15) is 14.9 Å². The van der Waals surface area contributed by atoms with Crippen LogP contribution in [0.25, 0.3) is 6.08 Å². The Balaban J connectivity index is 2.13. The molecule has 0 heterocycles. The lowest BCUT2D eigenvalue weighted by Crippen LogP contribution is -2.13. The summed E-state index contributed by atoms with van der Waals surface area (Å²) in [7, 11) is 1.25. The van der Waals surface area contributed by atoms with Crippen molar-refractivity contribution in [2.45, 2.75) is 0 Å². The predicted molar refractivity (Wildman–Crippen MR) is 103 cm³/mol. The van der Waals surface area contributed by atoms with E-state index in [-0.39, 0.29) is 23.0 Å². The Labute approximate surface area is 165 Å². The van der Waals surface area contributed by atoms with Gasteiger partial charge in [-0.2, -0.15) is 5.26 Å². The van der Waals surface area contributed by atoms with Crippen LogP contribution in [0.3, 0.4) is 0 Å². The molecule has 0 fully saturated rings. The minimum atomic E-state index is -0.568. The summed E-state index contributed by atoms with van der Waals surface area (Å²) < 4.78 is 9.71. The minimum Gasteiger partial charge on any atom is -0.480 e. The van der Waals surface area contributed by atoms with Crippen molar-refractivity contribution in [2.24, 2.45) is 0 Å². The number of hydrogen-bond donors (Lipinski definition) is 1. The van der Waals surface area contributed by atoms with Gasteiger partial charge in [0.05, 0.1) is 12.1 Å². The van der Waals surface area contributed by atoms with Crippen molar-refractivity contribution in [3.05, 3.63) is 63.6 Å². The molecule has 1 amide bonds. The summed E-state index contributed by atoms with van der Waals surface area (Å²) in [4.78, 5) is 23.4. The fourth-order valence-corrected chi connectivity index (χ4v) is 2.34. The van der Waals surface area contributed by atoms with Crippen LogP contribution in [-0.4, -0.2) is 25.6 Å². The average Bonchev–Trinajstić information content (AvgIpc) is 2.66. The molecule has 0 saturated carbocycles. The standard InChI is InChI=1S/C19H14Cl2N2O4/c1-26-18(24)11-27-17-7-2-12(9-16(17)21)8-13(10-22)19(25)23-15-5-3-14(20)4-6-15/h2-9H,11H2,1H3,(H,23,25)/b13-8+. The first-order chi connectivity index (χ1) is 12.9. The zero-order valence-electron chi connectivity index (χ0n) is 14.2. The van der Waals surface area contributed by atoms with Gasteiger partial charge in [0.1, 0.15) is 17.4 Å². The molecule has 0 aliphatic carbocycles. The first-order valence-electron chi connectivity index (χ1n) is 7.61. The van der Waals surface area contributed by atoms with Gasteiger partial charge in [-0.25, -0.2) is 4.79 Å². The fraction of sp³-hybridized carbons (Fsp3) is 0.105. The number of nitrogens with one attached hydrogen (secondary N) is 1. The molecule has 0 aliphatic rings. The zero-order chi connectivity index (χ0) is 19.8. The van der Waals surface area contributed by atoms with E-state index in [1.165, 1.54) is 25.3 Å². The van der Waals surface area contributed by atoms with Crippen LogP contribution in [0.5, 0.6) is 5.75 Å². The topological polar surface area (TPSA) is 88.4 Å². The summed E-state index contributed by atoms with van der Waals surface area (Å²) in [5, 5.41) is 12.6. The average molecular weight is 405 g/mol. The van der Waals surface area contributed by atoms with Gasteiger partial charge in [0.2, 0.25) is 0 Å². The molecule has 6 nitrogen and oxygen atoms in total. The van der Waals surface area contributed by atoms with Crippen molar-refractivity contribution in [3.8, 4) is 11.8 Å². The fourth-order valence-electron chi connectivity index (χ4n) is 1.97. The van der Waals surface area contributed by atoms with Crippen LogP contribution < -0.4 is 10.1 Å². The number of benzene rings is 2. The highest BCUT2D eigenvalue weighted by Gasteiger charge is 2.11. The van der Waals surface area contributed by atoms with Gasteiger partial charge in [0.15, 0.2) is 6.61 Å². The van der Waals surface area contributed by atoms with Gasteiger partial charge in [-0.1, -0.05) is 29.3 Å². The number of carbonyl (C=O) groups is 2. The molecule has 1 N–H and O–H groups in total. The van der Waals surface area contributed by atoms with E-state index in [0.29, 0.717) is 16.3 Å². The maximum atomic E-state index is 12.3. The van der Waals surface area contributed by atoms with Crippen molar-refractivity contribution >= 4 is 46.8 Å². The number of nitrogens with zero attached hydrogens (tertiary/aromatic N) is 1. The molecule has 2 rings (SSSR count). The molecule has 0 aromatic heterocycles.